The summed E-state index contributed by atoms with van der Waals surface area (Å²) < 4.78 is 0. The van der Waals surface area contributed by atoms with Crippen LogP contribution in [0.25, 0.3) is 0 Å². The molecule has 0 radical (unpaired) electrons. The number of para-hydroxylation sites is 1. The van der Waals surface area contributed by atoms with Gasteiger partial charge in [0.2, 0.25) is 0 Å². The summed E-state index contributed by atoms with van der Waals surface area (Å²) in [6, 6.07) is 8.41. The first kappa shape index (κ1) is 8.34. The highest BCUT2D eigenvalue weighted by Crippen LogP contribution is 2.55. The zero-order valence-corrected chi connectivity index (χ0v) is 8.45. The van der Waals surface area contributed by atoms with E-state index in [1.165, 1.54) is 31.2 Å². The van der Waals surface area contributed by atoms with Crippen LogP contribution in [0.2, 0.25) is 0 Å². The van der Waals surface area contributed by atoms with E-state index in [1.807, 2.05) is 12.1 Å². The molecule has 0 bridgehead atoms. The Kier molecular flexibility index (Phi) is 1.79. The Labute approximate surface area is 85.3 Å². The molecule has 2 aliphatic carbocycles. The van der Waals surface area contributed by atoms with E-state index >= 15 is 0 Å². The molecule has 2 N–H and O–H groups in total. The molecule has 2 fully saturated rings. The van der Waals surface area contributed by atoms with Gasteiger partial charge in [-0.05, 0) is 55.1 Å². The van der Waals surface area contributed by atoms with E-state index in [4.69, 9.17) is 5.73 Å². The number of anilines is 1. The van der Waals surface area contributed by atoms with E-state index in [-0.39, 0.29) is 0 Å². The maximum atomic E-state index is 6.01. The van der Waals surface area contributed by atoms with Gasteiger partial charge in [-0.3, -0.25) is 0 Å². The summed E-state index contributed by atoms with van der Waals surface area (Å²) in [6.45, 7) is 0. The number of benzene rings is 1. The van der Waals surface area contributed by atoms with Crippen molar-refractivity contribution in [2.45, 2.75) is 31.6 Å². The standard InChI is InChI=1S/C13H17N/c14-13-4-2-1-3-12(13)11-8-7-10(11)9-5-6-9/h1-4,9-11H,5-8,14H2. The summed E-state index contributed by atoms with van der Waals surface area (Å²) in [5, 5.41) is 0. The van der Waals surface area contributed by atoms with Crippen molar-refractivity contribution in [2.75, 3.05) is 5.73 Å². The fourth-order valence-corrected chi connectivity index (χ4v) is 2.85. The first-order valence-corrected chi connectivity index (χ1v) is 5.70. The number of nitrogen functional groups attached to an aromatic ring is 1. The van der Waals surface area contributed by atoms with Crippen LogP contribution >= 0.6 is 0 Å². The van der Waals surface area contributed by atoms with Crippen molar-refractivity contribution in [1.82, 2.24) is 0 Å². The molecule has 14 heavy (non-hydrogen) atoms. The maximum absolute atomic E-state index is 6.01. The Morgan fingerprint density at radius 1 is 1.00 bits per heavy atom. The van der Waals surface area contributed by atoms with Gasteiger partial charge in [0.15, 0.2) is 0 Å². The lowest BCUT2D eigenvalue weighted by Gasteiger charge is -2.38. The van der Waals surface area contributed by atoms with Gasteiger partial charge < -0.3 is 5.73 Å². The monoisotopic (exact) mass is 187 g/mol. The van der Waals surface area contributed by atoms with Gasteiger partial charge in [0.05, 0.1) is 0 Å². The molecule has 2 unspecified atom stereocenters. The maximum Gasteiger partial charge on any atom is 0.0349 e. The van der Waals surface area contributed by atoms with Crippen LogP contribution in [0, 0.1) is 11.8 Å². The topological polar surface area (TPSA) is 26.0 Å². The molecule has 0 heterocycles. The molecule has 1 aromatic carbocycles. The lowest BCUT2D eigenvalue weighted by Crippen LogP contribution is -2.26. The van der Waals surface area contributed by atoms with E-state index < -0.39 is 0 Å². The summed E-state index contributed by atoms with van der Waals surface area (Å²) >= 11 is 0. The molecule has 74 valence electrons. The molecular formula is C13H17N. The minimum Gasteiger partial charge on any atom is -0.398 e. The smallest absolute Gasteiger partial charge is 0.0349 e. The van der Waals surface area contributed by atoms with Crippen LogP contribution in [0.15, 0.2) is 24.3 Å². The normalized spacial score (nSPS) is 31.1. The molecule has 0 amide bonds. The number of hydrogen-bond acceptors (Lipinski definition) is 1. The van der Waals surface area contributed by atoms with Crippen LogP contribution in [-0.2, 0) is 0 Å². The molecular weight excluding hydrogens is 170 g/mol. The van der Waals surface area contributed by atoms with E-state index in [2.05, 4.69) is 12.1 Å². The second kappa shape index (κ2) is 3.01. The van der Waals surface area contributed by atoms with Gasteiger partial charge in [-0.2, -0.15) is 0 Å². The fourth-order valence-electron chi connectivity index (χ4n) is 2.85. The molecule has 0 saturated heterocycles. The van der Waals surface area contributed by atoms with Crippen molar-refractivity contribution in [1.29, 1.82) is 0 Å². The largest absolute Gasteiger partial charge is 0.398 e. The van der Waals surface area contributed by atoms with Gasteiger partial charge in [-0.15, -0.1) is 0 Å². The third kappa shape index (κ3) is 1.23. The Morgan fingerprint density at radius 2 is 1.79 bits per heavy atom. The number of hydrogen-bond donors (Lipinski definition) is 1. The SMILES string of the molecule is Nc1ccccc1C1CCC1C1CC1. The molecule has 1 nitrogen and oxygen atoms in total. The van der Waals surface area contributed by atoms with E-state index in [0.29, 0.717) is 0 Å². The van der Waals surface area contributed by atoms with Gasteiger partial charge in [0, 0.05) is 5.69 Å². The van der Waals surface area contributed by atoms with E-state index in [9.17, 15) is 0 Å². The zero-order chi connectivity index (χ0) is 9.54. The highest BCUT2D eigenvalue weighted by Gasteiger charge is 2.42. The Bertz CT molecular complexity index is 341. The average molecular weight is 187 g/mol. The molecule has 2 aliphatic rings. The highest BCUT2D eigenvalue weighted by atomic mass is 14.6. The van der Waals surface area contributed by atoms with Crippen LogP contribution < -0.4 is 5.73 Å². The second-order valence-corrected chi connectivity index (χ2v) is 4.81. The molecule has 0 aromatic heterocycles. The number of nitrogens with two attached hydrogens (primary N) is 1. The molecule has 0 aliphatic heterocycles. The van der Waals surface area contributed by atoms with Crippen molar-refractivity contribution in [3.63, 3.8) is 0 Å². The highest BCUT2D eigenvalue weighted by molar-refractivity contribution is 5.49. The van der Waals surface area contributed by atoms with Crippen LogP contribution in [0.1, 0.15) is 37.2 Å². The van der Waals surface area contributed by atoms with Gasteiger partial charge in [0.25, 0.3) is 0 Å². The molecule has 2 atom stereocenters. The van der Waals surface area contributed by atoms with Crippen LogP contribution in [0.5, 0.6) is 0 Å². The summed E-state index contributed by atoms with van der Waals surface area (Å²) in [4.78, 5) is 0. The second-order valence-electron chi connectivity index (χ2n) is 4.81. The van der Waals surface area contributed by atoms with Crippen LogP contribution in [0.3, 0.4) is 0 Å². The predicted octanol–water partition coefficient (Wildman–Crippen LogP) is 3.17. The van der Waals surface area contributed by atoms with Crippen molar-refractivity contribution < 1.29 is 0 Å². The summed E-state index contributed by atoms with van der Waals surface area (Å²) in [6.07, 6.45) is 5.72. The summed E-state index contributed by atoms with van der Waals surface area (Å²) in [5.74, 6) is 2.77. The van der Waals surface area contributed by atoms with Gasteiger partial charge in [0.1, 0.15) is 0 Å². The number of rotatable bonds is 2. The lowest BCUT2D eigenvalue weighted by atomic mass is 9.67. The molecule has 0 spiro atoms. The van der Waals surface area contributed by atoms with Gasteiger partial charge in [-0.25, -0.2) is 0 Å². The Morgan fingerprint density at radius 3 is 2.36 bits per heavy atom. The zero-order valence-electron chi connectivity index (χ0n) is 8.45. The summed E-state index contributed by atoms with van der Waals surface area (Å²) in [7, 11) is 0. The van der Waals surface area contributed by atoms with E-state index in [1.54, 1.807) is 0 Å². The van der Waals surface area contributed by atoms with E-state index in [0.717, 1.165) is 23.4 Å². The minimum absolute atomic E-state index is 0.781. The Balaban J connectivity index is 1.84. The van der Waals surface area contributed by atoms with Crippen molar-refractivity contribution in [3.05, 3.63) is 29.8 Å². The average Bonchev–Trinajstić information content (AvgIpc) is 2.91. The van der Waals surface area contributed by atoms with Crippen molar-refractivity contribution in [2.24, 2.45) is 11.8 Å². The molecule has 2 saturated carbocycles. The van der Waals surface area contributed by atoms with Gasteiger partial charge >= 0.3 is 0 Å². The molecule has 1 heteroatoms. The first-order valence-electron chi connectivity index (χ1n) is 5.70. The molecule has 1 aromatic rings. The van der Waals surface area contributed by atoms with Crippen molar-refractivity contribution >= 4 is 5.69 Å². The van der Waals surface area contributed by atoms with Gasteiger partial charge in [-0.1, -0.05) is 18.2 Å². The Hall–Kier alpha value is -0.980. The third-order valence-electron chi connectivity index (χ3n) is 3.95. The van der Waals surface area contributed by atoms with Crippen LogP contribution in [0.4, 0.5) is 5.69 Å². The van der Waals surface area contributed by atoms with Crippen molar-refractivity contribution in [3.8, 4) is 0 Å². The first-order chi connectivity index (χ1) is 6.86. The molecule has 3 rings (SSSR count). The predicted molar refractivity (Wildman–Crippen MR) is 59.0 cm³/mol. The fraction of sp³-hybridized carbons (Fsp3) is 0.538. The van der Waals surface area contributed by atoms with Crippen LogP contribution in [-0.4, -0.2) is 0 Å². The quantitative estimate of drug-likeness (QED) is 0.707. The summed E-state index contributed by atoms with van der Waals surface area (Å²) in [5.41, 5.74) is 8.43. The minimum atomic E-state index is 0.781. The third-order valence-corrected chi connectivity index (χ3v) is 3.95. The lowest BCUT2D eigenvalue weighted by molar-refractivity contribution is 0.223.